The van der Waals surface area contributed by atoms with Gasteiger partial charge in [0, 0.05) is 41.9 Å². The summed E-state index contributed by atoms with van der Waals surface area (Å²) < 4.78 is 5.31. The second-order valence-corrected chi connectivity index (χ2v) is 6.97. The van der Waals surface area contributed by atoms with Crippen LogP contribution in [0.25, 0.3) is 0 Å². The molecule has 31 heavy (non-hydrogen) atoms. The third-order valence-electron chi connectivity index (χ3n) is 4.82. The molecule has 3 N–H and O–H groups in total. The molecule has 3 amide bonds. The number of carbonyl (C=O) groups is 4. The lowest BCUT2D eigenvalue weighted by Crippen LogP contribution is -2.34. The molecule has 0 saturated carbocycles. The maximum atomic E-state index is 12.8. The fraction of sp³-hybridized carbons (Fsp3) is 0.304. The van der Waals surface area contributed by atoms with Crippen LogP contribution in [-0.2, 0) is 16.0 Å². The number of nitrogens with zero attached hydrogens (tertiary/aromatic N) is 1. The van der Waals surface area contributed by atoms with E-state index in [-0.39, 0.29) is 37.0 Å². The van der Waals surface area contributed by atoms with Gasteiger partial charge in [0.1, 0.15) is 5.75 Å². The van der Waals surface area contributed by atoms with Crippen LogP contribution in [0.3, 0.4) is 0 Å². The van der Waals surface area contributed by atoms with Crippen LogP contribution in [-0.4, -0.2) is 48.6 Å². The lowest BCUT2D eigenvalue weighted by molar-refractivity contribution is -0.130. The lowest BCUT2D eigenvalue weighted by atomic mass is 10.0. The van der Waals surface area contributed by atoms with Crippen molar-refractivity contribution in [3.63, 3.8) is 0 Å². The van der Waals surface area contributed by atoms with E-state index in [1.165, 1.54) is 26.2 Å². The van der Waals surface area contributed by atoms with Gasteiger partial charge in [-0.05, 0) is 56.3 Å². The molecule has 0 spiro atoms. The normalized spacial score (nSPS) is 10.3. The Kier molecular flexibility index (Phi) is 8.31. The molecule has 0 heterocycles. The number of hydrogen-bond donors (Lipinski definition) is 2. The fourth-order valence-electron chi connectivity index (χ4n) is 3.05. The Hall–Kier alpha value is -3.68. The highest BCUT2D eigenvalue weighted by Crippen LogP contribution is 2.21. The molecule has 0 unspecified atom stereocenters. The second-order valence-electron chi connectivity index (χ2n) is 6.97. The molecule has 8 heteroatoms. The predicted molar refractivity (Wildman–Crippen MR) is 117 cm³/mol. The Morgan fingerprint density at radius 3 is 2.23 bits per heavy atom. The number of primary amides is 1. The van der Waals surface area contributed by atoms with E-state index in [0.29, 0.717) is 34.7 Å². The maximum Gasteiger partial charge on any atom is 0.248 e. The number of nitrogens with one attached hydrogen (secondary N) is 1. The van der Waals surface area contributed by atoms with Crippen molar-refractivity contribution in [3.8, 4) is 5.75 Å². The van der Waals surface area contributed by atoms with Gasteiger partial charge in [-0.1, -0.05) is 0 Å². The maximum absolute atomic E-state index is 12.8. The van der Waals surface area contributed by atoms with Crippen LogP contribution in [0.1, 0.15) is 46.5 Å². The molecule has 2 aromatic rings. The highest BCUT2D eigenvalue weighted by atomic mass is 16.5. The molecule has 0 aliphatic rings. The summed E-state index contributed by atoms with van der Waals surface area (Å²) in [4.78, 5) is 49.4. The molecule has 0 aromatic heterocycles. The number of Topliss-reactive ketones (excluding diaryl/α,β-unsaturated/α-hetero) is 1. The minimum absolute atomic E-state index is 0.0638. The highest BCUT2D eigenvalue weighted by Gasteiger charge is 2.17. The summed E-state index contributed by atoms with van der Waals surface area (Å²) in [6.07, 6.45) is 0.177. The van der Waals surface area contributed by atoms with E-state index in [4.69, 9.17) is 10.5 Å². The summed E-state index contributed by atoms with van der Waals surface area (Å²) in [5.74, 6) is -0.523. The summed E-state index contributed by atoms with van der Waals surface area (Å²) in [6, 6.07) is 11.2. The van der Waals surface area contributed by atoms with Gasteiger partial charge in [-0.25, -0.2) is 0 Å². The van der Waals surface area contributed by atoms with E-state index >= 15 is 0 Å². The molecule has 8 nitrogen and oxygen atoms in total. The quantitative estimate of drug-likeness (QED) is 0.567. The number of carbonyl (C=O) groups excluding carboxylic acids is 4. The van der Waals surface area contributed by atoms with Crippen molar-refractivity contribution in [2.45, 2.75) is 26.7 Å². The van der Waals surface area contributed by atoms with E-state index in [1.54, 1.807) is 35.2 Å². The van der Waals surface area contributed by atoms with Gasteiger partial charge in [0.05, 0.1) is 13.5 Å². The Balaban J connectivity index is 1.97. The van der Waals surface area contributed by atoms with Gasteiger partial charge in [0.15, 0.2) is 5.78 Å². The smallest absolute Gasteiger partial charge is 0.248 e. The molecule has 0 fully saturated rings. The van der Waals surface area contributed by atoms with Crippen molar-refractivity contribution in [3.05, 3.63) is 59.2 Å². The third kappa shape index (κ3) is 6.67. The van der Waals surface area contributed by atoms with E-state index in [1.807, 2.05) is 6.92 Å². The molecular weight excluding hydrogens is 398 g/mol. The molecule has 0 bridgehead atoms. The number of nitrogens with two attached hydrogens (primary N) is 1. The summed E-state index contributed by atoms with van der Waals surface area (Å²) in [5, 5.41) is 2.73. The zero-order chi connectivity index (χ0) is 23.0. The van der Waals surface area contributed by atoms with E-state index in [9.17, 15) is 19.2 Å². The van der Waals surface area contributed by atoms with Gasteiger partial charge in [-0.15, -0.1) is 0 Å². The van der Waals surface area contributed by atoms with Crippen LogP contribution >= 0.6 is 0 Å². The van der Waals surface area contributed by atoms with Gasteiger partial charge in [0.2, 0.25) is 17.7 Å². The minimum atomic E-state index is -0.541. The number of ether oxygens (including phenoxy) is 1. The first kappa shape index (κ1) is 23.6. The van der Waals surface area contributed by atoms with Gasteiger partial charge in [-0.3, -0.25) is 19.2 Å². The summed E-state index contributed by atoms with van der Waals surface area (Å²) in [7, 11) is 1.51. The van der Waals surface area contributed by atoms with Crippen LogP contribution in [0.2, 0.25) is 0 Å². The minimum Gasteiger partial charge on any atom is -0.496 e. The molecule has 0 radical (unpaired) electrons. The molecular formula is C23H27N3O5. The largest absolute Gasteiger partial charge is 0.496 e. The predicted octanol–water partition coefficient (Wildman–Crippen LogP) is 2.42. The van der Waals surface area contributed by atoms with Gasteiger partial charge in [0.25, 0.3) is 0 Å². The van der Waals surface area contributed by atoms with Crippen molar-refractivity contribution in [1.82, 2.24) is 4.90 Å². The van der Waals surface area contributed by atoms with Crippen LogP contribution in [0.15, 0.2) is 42.5 Å². The molecule has 0 atom stereocenters. The number of benzene rings is 2. The van der Waals surface area contributed by atoms with E-state index in [2.05, 4.69) is 5.32 Å². The first-order chi connectivity index (χ1) is 14.7. The van der Waals surface area contributed by atoms with Crippen molar-refractivity contribution in [2.24, 2.45) is 5.73 Å². The SMILES string of the molecule is CCN(CCC(=O)Nc1ccc(C(N)=O)cc1)C(=O)Cc1cc(C(C)=O)ccc1OC. The Morgan fingerprint density at radius 1 is 1.03 bits per heavy atom. The summed E-state index contributed by atoms with van der Waals surface area (Å²) in [5.41, 5.74) is 7.22. The zero-order valence-electron chi connectivity index (χ0n) is 17.9. The standard InChI is InChI=1S/C23H27N3O5/c1-4-26(12-11-21(28)25-19-8-5-16(6-9-19)23(24)30)22(29)14-18-13-17(15(2)27)7-10-20(18)31-3/h5-10,13H,4,11-12,14H2,1-3H3,(H2,24,30)(H,25,28). The second kappa shape index (κ2) is 10.9. The number of ketones is 1. The van der Waals surface area contributed by atoms with Gasteiger partial charge >= 0.3 is 0 Å². The molecule has 0 aliphatic heterocycles. The van der Waals surface area contributed by atoms with Gasteiger partial charge in [-0.2, -0.15) is 0 Å². The number of amides is 3. The van der Waals surface area contributed by atoms with Crippen molar-refractivity contribution in [1.29, 1.82) is 0 Å². The van der Waals surface area contributed by atoms with E-state index < -0.39 is 5.91 Å². The van der Waals surface area contributed by atoms with Crippen molar-refractivity contribution in [2.75, 3.05) is 25.5 Å². The average Bonchev–Trinajstić information content (AvgIpc) is 2.74. The van der Waals surface area contributed by atoms with Crippen LogP contribution in [0.4, 0.5) is 5.69 Å². The zero-order valence-corrected chi connectivity index (χ0v) is 17.9. The molecule has 0 saturated heterocycles. The fourth-order valence-corrected chi connectivity index (χ4v) is 3.05. The molecule has 164 valence electrons. The lowest BCUT2D eigenvalue weighted by Gasteiger charge is -2.21. The Morgan fingerprint density at radius 2 is 1.68 bits per heavy atom. The number of likely N-dealkylation sites (N-methyl/N-ethyl adjacent to an activating group) is 1. The molecule has 2 rings (SSSR count). The van der Waals surface area contributed by atoms with Crippen LogP contribution in [0.5, 0.6) is 5.75 Å². The Bertz CT molecular complexity index is 970. The number of rotatable bonds is 10. The highest BCUT2D eigenvalue weighted by molar-refractivity contribution is 5.95. The van der Waals surface area contributed by atoms with E-state index in [0.717, 1.165) is 0 Å². The average molecular weight is 425 g/mol. The van der Waals surface area contributed by atoms with Gasteiger partial charge < -0.3 is 20.7 Å². The summed E-state index contributed by atoms with van der Waals surface area (Å²) in [6.45, 7) is 3.98. The molecule has 2 aromatic carbocycles. The number of methoxy groups -OCH3 is 1. The third-order valence-corrected chi connectivity index (χ3v) is 4.82. The number of hydrogen-bond acceptors (Lipinski definition) is 5. The topological polar surface area (TPSA) is 119 Å². The van der Waals surface area contributed by atoms with Crippen LogP contribution in [0, 0.1) is 0 Å². The number of anilines is 1. The Labute approximate surface area is 181 Å². The summed E-state index contributed by atoms with van der Waals surface area (Å²) >= 11 is 0. The molecule has 0 aliphatic carbocycles. The van der Waals surface area contributed by atoms with Crippen LogP contribution < -0.4 is 15.8 Å². The van der Waals surface area contributed by atoms with Crippen molar-refractivity contribution < 1.29 is 23.9 Å². The first-order valence-corrected chi connectivity index (χ1v) is 9.90. The first-order valence-electron chi connectivity index (χ1n) is 9.90. The van der Waals surface area contributed by atoms with Crippen molar-refractivity contribution >= 4 is 29.2 Å². The monoisotopic (exact) mass is 425 g/mol.